The van der Waals surface area contributed by atoms with Crippen LogP contribution >= 0.6 is 22.7 Å². The highest BCUT2D eigenvalue weighted by Gasteiger charge is 2.16. The summed E-state index contributed by atoms with van der Waals surface area (Å²) in [6.45, 7) is 0. The summed E-state index contributed by atoms with van der Waals surface area (Å²) >= 11 is 3.60. The van der Waals surface area contributed by atoms with E-state index in [9.17, 15) is 0 Å². The van der Waals surface area contributed by atoms with Gasteiger partial charge in [0.2, 0.25) is 0 Å². The van der Waals surface area contributed by atoms with E-state index in [1.165, 1.54) is 52.3 Å². The molecule has 2 heterocycles. The van der Waals surface area contributed by atoms with Gasteiger partial charge in [-0.1, -0.05) is 97.1 Å². The van der Waals surface area contributed by atoms with Crippen LogP contribution in [0, 0.1) is 0 Å². The number of thiophene rings is 1. The van der Waals surface area contributed by atoms with E-state index in [4.69, 9.17) is 4.98 Å². The van der Waals surface area contributed by atoms with Crippen molar-refractivity contribution in [3.8, 4) is 21.7 Å². The second kappa shape index (κ2) is 10.7. The highest BCUT2D eigenvalue weighted by Crippen LogP contribution is 2.43. The van der Waals surface area contributed by atoms with Crippen molar-refractivity contribution >= 4 is 80.9 Å². The van der Waals surface area contributed by atoms with Crippen molar-refractivity contribution in [2.24, 2.45) is 0 Å². The second-order valence-electron chi connectivity index (χ2n) is 11.3. The van der Waals surface area contributed by atoms with Crippen LogP contribution in [0.5, 0.6) is 0 Å². The van der Waals surface area contributed by atoms with Crippen molar-refractivity contribution in [2.45, 2.75) is 0 Å². The van der Waals surface area contributed by atoms with Crippen LogP contribution < -0.4 is 4.90 Å². The fraction of sp³-hybridized carbons (Fsp3) is 0. The lowest BCUT2D eigenvalue weighted by molar-refractivity contribution is 1.29. The number of aromatic nitrogens is 1. The molecule has 0 N–H and O–H groups in total. The maximum Gasteiger partial charge on any atom is 0.124 e. The Balaban J connectivity index is 1.14. The predicted molar refractivity (Wildman–Crippen MR) is 196 cm³/mol. The first-order valence-corrected chi connectivity index (χ1v) is 16.7. The zero-order valence-electron chi connectivity index (χ0n) is 24.2. The van der Waals surface area contributed by atoms with Crippen molar-refractivity contribution in [2.75, 3.05) is 4.90 Å². The molecule has 0 aliphatic carbocycles. The van der Waals surface area contributed by atoms with E-state index in [-0.39, 0.29) is 0 Å². The Morgan fingerprint density at radius 3 is 1.89 bits per heavy atom. The minimum Gasteiger partial charge on any atom is -0.310 e. The van der Waals surface area contributed by atoms with E-state index in [2.05, 4.69) is 163 Å². The second-order valence-corrected chi connectivity index (χ2v) is 13.4. The third kappa shape index (κ3) is 4.67. The number of rotatable bonds is 5. The summed E-state index contributed by atoms with van der Waals surface area (Å²) in [5, 5.41) is 6.14. The van der Waals surface area contributed by atoms with Crippen LogP contribution in [-0.2, 0) is 0 Å². The van der Waals surface area contributed by atoms with Crippen LogP contribution in [-0.4, -0.2) is 4.98 Å². The van der Waals surface area contributed by atoms with Crippen LogP contribution in [0.25, 0.3) is 62.9 Å². The number of anilines is 3. The molecule has 4 heteroatoms. The smallest absolute Gasteiger partial charge is 0.124 e. The van der Waals surface area contributed by atoms with Crippen molar-refractivity contribution in [1.29, 1.82) is 0 Å². The van der Waals surface area contributed by atoms with Crippen LogP contribution in [0.1, 0.15) is 0 Å². The number of fused-ring (bicyclic) bond motifs is 5. The molecule has 0 fully saturated rings. The number of thiazole rings is 1. The molecule has 9 rings (SSSR count). The molecule has 212 valence electrons. The van der Waals surface area contributed by atoms with E-state index in [1.807, 2.05) is 11.3 Å². The van der Waals surface area contributed by atoms with Gasteiger partial charge in [-0.15, -0.1) is 22.7 Å². The van der Waals surface area contributed by atoms with Crippen LogP contribution in [0.3, 0.4) is 0 Å². The van der Waals surface area contributed by atoms with E-state index >= 15 is 0 Å². The summed E-state index contributed by atoms with van der Waals surface area (Å²) in [4.78, 5) is 7.34. The van der Waals surface area contributed by atoms with Gasteiger partial charge in [0.1, 0.15) is 5.01 Å². The maximum atomic E-state index is 4.99. The van der Waals surface area contributed by atoms with Crippen molar-refractivity contribution < 1.29 is 0 Å². The third-order valence-corrected chi connectivity index (χ3v) is 10.7. The van der Waals surface area contributed by atoms with E-state index < -0.39 is 0 Å². The summed E-state index contributed by atoms with van der Waals surface area (Å²) in [6, 6.07) is 56.7. The summed E-state index contributed by atoms with van der Waals surface area (Å²) < 4.78 is 3.77. The fourth-order valence-corrected chi connectivity index (χ4v) is 8.32. The first-order chi connectivity index (χ1) is 22.3. The minimum atomic E-state index is 1.07. The molecule has 2 nitrogen and oxygen atoms in total. The van der Waals surface area contributed by atoms with Gasteiger partial charge in [-0.25, -0.2) is 4.98 Å². The summed E-state index contributed by atoms with van der Waals surface area (Å²) in [7, 11) is 0. The third-order valence-electron chi connectivity index (χ3n) is 8.46. The fourth-order valence-electron chi connectivity index (χ4n) is 6.22. The molecule has 0 spiro atoms. The Morgan fingerprint density at radius 2 is 1.07 bits per heavy atom. The van der Waals surface area contributed by atoms with Crippen LogP contribution in [0.2, 0.25) is 0 Å². The van der Waals surface area contributed by atoms with E-state index in [0.717, 1.165) is 27.6 Å². The number of nitrogens with zero attached hydrogens (tertiary/aromatic N) is 2. The zero-order chi connectivity index (χ0) is 29.7. The number of para-hydroxylation sites is 1. The molecule has 9 aromatic rings. The first kappa shape index (κ1) is 26.1. The van der Waals surface area contributed by atoms with Gasteiger partial charge in [0.25, 0.3) is 0 Å². The lowest BCUT2D eigenvalue weighted by atomic mass is 10.0. The Hall–Kier alpha value is -5.29. The molecular formula is C41H26N2S2. The van der Waals surface area contributed by atoms with Crippen molar-refractivity contribution in [3.63, 3.8) is 0 Å². The molecular weight excluding hydrogens is 585 g/mol. The minimum absolute atomic E-state index is 1.07. The standard InChI is InChI=1S/C41H26N2S2/c1-3-10-29(11-4-1)41-42-37-26-39-36(25-40(37)45-41)35-24-34(21-22-38(35)44-39)43(32-13-5-2-6-14-32)33-19-17-28(18-20-33)31-16-15-27-9-7-8-12-30(27)23-31/h1-26H. The molecule has 0 radical (unpaired) electrons. The lowest BCUT2D eigenvalue weighted by Crippen LogP contribution is -2.09. The SMILES string of the molecule is c1ccc(-c2nc3cc4sc5ccc(N(c6ccccc6)c6ccc(-c7ccc8ccccc8c7)cc6)cc5c4cc3s2)cc1. The van der Waals surface area contributed by atoms with Gasteiger partial charge in [0.05, 0.1) is 10.2 Å². The van der Waals surface area contributed by atoms with Gasteiger partial charge in [0.15, 0.2) is 0 Å². The van der Waals surface area contributed by atoms with Crippen molar-refractivity contribution in [3.05, 3.63) is 158 Å². The summed E-state index contributed by atoms with van der Waals surface area (Å²) in [5.74, 6) is 0. The Morgan fingerprint density at radius 1 is 0.400 bits per heavy atom. The molecule has 0 unspecified atom stereocenters. The van der Waals surface area contributed by atoms with Gasteiger partial charge in [0, 0.05) is 42.8 Å². The number of benzene rings is 7. The average Bonchev–Trinajstić information content (AvgIpc) is 3.69. The van der Waals surface area contributed by atoms with Gasteiger partial charge < -0.3 is 4.90 Å². The van der Waals surface area contributed by atoms with E-state index in [0.29, 0.717) is 0 Å². The summed E-state index contributed by atoms with van der Waals surface area (Å²) in [5.41, 5.74) is 8.06. The normalized spacial score (nSPS) is 11.6. The first-order valence-electron chi connectivity index (χ1n) is 15.0. The highest BCUT2D eigenvalue weighted by atomic mass is 32.1. The lowest BCUT2D eigenvalue weighted by Gasteiger charge is -2.26. The molecule has 0 saturated carbocycles. The molecule has 0 aliphatic rings. The predicted octanol–water partition coefficient (Wildman–Crippen LogP) is 12.6. The molecule has 0 bridgehead atoms. The Labute approximate surface area is 269 Å². The molecule has 0 aliphatic heterocycles. The maximum absolute atomic E-state index is 4.99. The van der Waals surface area contributed by atoms with Gasteiger partial charge in [-0.05, 0) is 82.6 Å². The Kier molecular flexibility index (Phi) is 6.22. The van der Waals surface area contributed by atoms with Crippen LogP contribution in [0.15, 0.2) is 158 Å². The van der Waals surface area contributed by atoms with Gasteiger partial charge >= 0.3 is 0 Å². The monoisotopic (exact) mass is 610 g/mol. The summed E-state index contributed by atoms with van der Waals surface area (Å²) in [6.07, 6.45) is 0. The zero-order valence-corrected chi connectivity index (χ0v) is 25.9. The highest BCUT2D eigenvalue weighted by molar-refractivity contribution is 7.26. The number of hydrogen-bond acceptors (Lipinski definition) is 4. The van der Waals surface area contributed by atoms with E-state index in [1.54, 1.807) is 11.3 Å². The van der Waals surface area contributed by atoms with Crippen molar-refractivity contribution in [1.82, 2.24) is 4.98 Å². The molecule has 45 heavy (non-hydrogen) atoms. The number of hydrogen-bond donors (Lipinski definition) is 0. The van der Waals surface area contributed by atoms with Gasteiger partial charge in [-0.3, -0.25) is 0 Å². The largest absolute Gasteiger partial charge is 0.310 e. The van der Waals surface area contributed by atoms with Crippen LogP contribution in [0.4, 0.5) is 17.1 Å². The quantitative estimate of drug-likeness (QED) is 0.193. The molecule has 2 aromatic heterocycles. The molecule has 0 amide bonds. The van der Waals surface area contributed by atoms with Gasteiger partial charge in [-0.2, -0.15) is 0 Å². The molecule has 0 atom stereocenters. The Bertz CT molecular complexity index is 2480. The topological polar surface area (TPSA) is 16.1 Å². The molecule has 0 saturated heterocycles. The molecule has 7 aromatic carbocycles. The average molecular weight is 611 g/mol.